The zero-order chi connectivity index (χ0) is 24.4. The molecule has 2 atom stereocenters. The molecule has 1 aromatic heterocycles. The van der Waals surface area contributed by atoms with Crippen molar-refractivity contribution in [1.82, 2.24) is 5.16 Å². The molecule has 3 nitrogen and oxygen atoms in total. The molecule has 2 aliphatic carbocycles. The Balaban J connectivity index is 1.50. The molecule has 0 saturated heterocycles. The van der Waals surface area contributed by atoms with Crippen molar-refractivity contribution in [2.75, 3.05) is 0 Å². The molecule has 2 unspecified atom stereocenters. The Morgan fingerprint density at radius 2 is 1.86 bits per heavy atom. The van der Waals surface area contributed by atoms with Gasteiger partial charge in [-0.2, -0.15) is 0 Å². The molecule has 0 saturated carbocycles. The minimum absolute atomic E-state index is 0.296. The number of carbonyl (C=O) groups excluding carboxylic acids is 1. The molecule has 35 heavy (non-hydrogen) atoms. The van der Waals surface area contributed by atoms with E-state index < -0.39 is 0 Å². The van der Waals surface area contributed by atoms with Crippen molar-refractivity contribution >= 4 is 5.78 Å². The van der Waals surface area contributed by atoms with Gasteiger partial charge in [-0.3, -0.25) is 4.79 Å². The van der Waals surface area contributed by atoms with Crippen LogP contribution in [0.3, 0.4) is 0 Å². The summed E-state index contributed by atoms with van der Waals surface area (Å²) in [6.45, 7) is 6.61. The zero-order valence-corrected chi connectivity index (χ0v) is 21.7. The van der Waals surface area contributed by atoms with Gasteiger partial charge in [0.25, 0.3) is 0 Å². The van der Waals surface area contributed by atoms with E-state index in [0.717, 1.165) is 41.3 Å². The fourth-order valence-electron chi connectivity index (χ4n) is 6.40. The number of ketones is 1. The maximum atomic E-state index is 12.6. The van der Waals surface area contributed by atoms with Crippen LogP contribution in [-0.2, 0) is 12.8 Å². The second kappa shape index (κ2) is 10.5. The van der Waals surface area contributed by atoms with Crippen LogP contribution >= 0.6 is 0 Å². The Labute approximate surface area is 210 Å². The van der Waals surface area contributed by atoms with Gasteiger partial charge < -0.3 is 4.52 Å². The van der Waals surface area contributed by atoms with Crippen LogP contribution in [-0.4, -0.2) is 10.9 Å². The largest absolute Gasteiger partial charge is 0.356 e. The van der Waals surface area contributed by atoms with E-state index in [1.54, 1.807) is 0 Å². The summed E-state index contributed by atoms with van der Waals surface area (Å²) in [4.78, 5) is 12.6. The highest BCUT2D eigenvalue weighted by molar-refractivity contribution is 6.03. The molecule has 1 heterocycles. The molecular weight excluding hydrogens is 430 g/mol. The van der Waals surface area contributed by atoms with Gasteiger partial charge in [0.05, 0.1) is 5.69 Å². The third kappa shape index (κ3) is 4.87. The van der Waals surface area contributed by atoms with Crippen LogP contribution in [0.5, 0.6) is 0 Å². The third-order valence-electron chi connectivity index (χ3n) is 8.45. The average Bonchev–Trinajstić information content (AvgIpc) is 3.44. The summed E-state index contributed by atoms with van der Waals surface area (Å²) in [5, 5.41) is 4.12. The molecule has 0 aliphatic heterocycles. The molecule has 184 valence electrons. The van der Waals surface area contributed by atoms with Gasteiger partial charge in [-0.1, -0.05) is 81.8 Å². The van der Waals surface area contributed by atoms with E-state index in [1.807, 2.05) is 13.0 Å². The summed E-state index contributed by atoms with van der Waals surface area (Å²) in [6, 6.07) is 13.2. The Kier molecular flexibility index (Phi) is 7.22. The van der Waals surface area contributed by atoms with Gasteiger partial charge in [0.1, 0.15) is 0 Å². The molecule has 0 N–H and O–H groups in total. The van der Waals surface area contributed by atoms with Gasteiger partial charge in [-0.25, -0.2) is 0 Å². The number of carbonyl (C=O) groups is 1. The third-order valence-corrected chi connectivity index (χ3v) is 8.45. The molecule has 0 fully saturated rings. The standard InChI is InChI=1S/C32H39NO2/c1-4-6-8-22(5-2)9-7-10-23-11-12-24-13-16-27-28(17-18-30(27)34)32(24)29-20-25(14-15-26(23)29)31-19-21(3)33-35-31/h13-16,19-20,22-23H,4-12,17-18H2,1-3H3. The van der Waals surface area contributed by atoms with Gasteiger partial charge in [-0.15, -0.1) is 0 Å². The SMILES string of the molecule is CCCCC(CC)CCCC1CCc2ccc3c(c2-c2cc(-c4cc(C)no4)ccc21)CCC3=O. The Morgan fingerprint density at radius 1 is 1.00 bits per heavy atom. The van der Waals surface area contributed by atoms with Crippen molar-refractivity contribution in [3.63, 3.8) is 0 Å². The summed E-state index contributed by atoms with van der Waals surface area (Å²) in [5.41, 5.74) is 9.69. The maximum absolute atomic E-state index is 12.6. The number of aromatic nitrogens is 1. The highest BCUT2D eigenvalue weighted by Gasteiger charge is 2.30. The second-order valence-corrected chi connectivity index (χ2v) is 10.8. The van der Waals surface area contributed by atoms with Crippen LogP contribution in [0.4, 0.5) is 0 Å². The van der Waals surface area contributed by atoms with E-state index in [1.165, 1.54) is 79.2 Å². The number of hydrogen-bond acceptors (Lipinski definition) is 3. The number of benzene rings is 2. The van der Waals surface area contributed by atoms with Crippen molar-refractivity contribution in [2.45, 2.75) is 97.3 Å². The number of aryl methyl sites for hydroxylation is 2. The predicted molar refractivity (Wildman–Crippen MR) is 143 cm³/mol. The summed E-state index contributed by atoms with van der Waals surface area (Å²) in [5.74, 6) is 2.53. The maximum Gasteiger partial charge on any atom is 0.167 e. The summed E-state index contributed by atoms with van der Waals surface area (Å²) in [7, 11) is 0. The fourth-order valence-corrected chi connectivity index (χ4v) is 6.40. The van der Waals surface area contributed by atoms with Crippen molar-refractivity contribution in [2.24, 2.45) is 5.92 Å². The van der Waals surface area contributed by atoms with Crippen LogP contribution in [0.2, 0.25) is 0 Å². The van der Waals surface area contributed by atoms with Gasteiger partial charge in [0.2, 0.25) is 0 Å². The van der Waals surface area contributed by atoms with E-state index in [0.29, 0.717) is 18.1 Å². The second-order valence-electron chi connectivity index (χ2n) is 10.8. The van der Waals surface area contributed by atoms with Crippen LogP contribution in [0.1, 0.15) is 110 Å². The lowest BCUT2D eigenvalue weighted by molar-refractivity contribution is 0.0994. The number of Topliss-reactive ketones (excluding diaryl/α,β-unsaturated/α-hetero) is 1. The molecule has 2 aliphatic rings. The smallest absolute Gasteiger partial charge is 0.167 e. The van der Waals surface area contributed by atoms with Crippen LogP contribution < -0.4 is 0 Å². The van der Waals surface area contributed by atoms with Crippen LogP contribution in [0, 0.1) is 12.8 Å². The lowest BCUT2D eigenvalue weighted by atomic mass is 9.84. The molecule has 3 aromatic rings. The normalized spacial score (nSPS) is 17.6. The highest BCUT2D eigenvalue weighted by Crippen LogP contribution is 2.46. The van der Waals surface area contributed by atoms with E-state index in [4.69, 9.17) is 4.52 Å². The first-order chi connectivity index (χ1) is 17.1. The summed E-state index contributed by atoms with van der Waals surface area (Å²) in [6.07, 6.45) is 13.0. The minimum Gasteiger partial charge on any atom is -0.356 e. The quantitative estimate of drug-likeness (QED) is 0.314. The molecule has 3 heteroatoms. The summed E-state index contributed by atoms with van der Waals surface area (Å²) < 4.78 is 5.63. The van der Waals surface area contributed by atoms with E-state index in [9.17, 15) is 4.79 Å². The van der Waals surface area contributed by atoms with Crippen molar-refractivity contribution in [1.29, 1.82) is 0 Å². The van der Waals surface area contributed by atoms with Gasteiger partial charge in [0.15, 0.2) is 11.5 Å². The fraction of sp³-hybridized carbons (Fsp3) is 0.500. The monoisotopic (exact) mass is 469 g/mol. The van der Waals surface area contributed by atoms with E-state index >= 15 is 0 Å². The average molecular weight is 470 g/mol. The lowest BCUT2D eigenvalue weighted by Gasteiger charge is -2.21. The topological polar surface area (TPSA) is 43.1 Å². The van der Waals surface area contributed by atoms with Crippen molar-refractivity contribution in [3.8, 4) is 22.5 Å². The molecule has 0 radical (unpaired) electrons. The first-order valence-corrected chi connectivity index (χ1v) is 13.8. The number of fused-ring (bicyclic) bond motifs is 5. The molecule has 0 bridgehead atoms. The first-order valence-electron chi connectivity index (χ1n) is 13.8. The van der Waals surface area contributed by atoms with Crippen LogP contribution in [0.25, 0.3) is 22.5 Å². The Bertz CT molecular complexity index is 1200. The predicted octanol–water partition coefficient (Wildman–Crippen LogP) is 8.86. The van der Waals surface area contributed by atoms with Crippen molar-refractivity contribution < 1.29 is 9.32 Å². The number of hydrogen-bond donors (Lipinski definition) is 0. The Hall–Kier alpha value is -2.68. The number of rotatable bonds is 9. The molecular formula is C32H39NO2. The molecule has 2 aromatic carbocycles. The first kappa shape index (κ1) is 24.0. The molecule has 5 rings (SSSR count). The Morgan fingerprint density at radius 3 is 2.63 bits per heavy atom. The lowest BCUT2D eigenvalue weighted by Crippen LogP contribution is -2.04. The van der Waals surface area contributed by atoms with E-state index in [-0.39, 0.29) is 0 Å². The number of unbranched alkanes of at least 4 members (excludes halogenated alkanes) is 1. The van der Waals surface area contributed by atoms with Crippen molar-refractivity contribution in [3.05, 3.63) is 64.3 Å². The zero-order valence-electron chi connectivity index (χ0n) is 21.7. The number of nitrogens with zero attached hydrogens (tertiary/aromatic N) is 1. The minimum atomic E-state index is 0.296. The molecule has 0 spiro atoms. The van der Waals surface area contributed by atoms with Gasteiger partial charge in [0, 0.05) is 23.6 Å². The van der Waals surface area contributed by atoms with Crippen LogP contribution in [0.15, 0.2) is 40.9 Å². The molecule has 0 amide bonds. The van der Waals surface area contributed by atoms with Gasteiger partial charge >= 0.3 is 0 Å². The van der Waals surface area contributed by atoms with E-state index in [2.05, 4.69) is 49.3 Å². The highest BCUT2D eigenvalue weighted by atomic mass is 16.5. The van der Waals surface area contributed by atoms with Gasteiger partial charge in [-0.05, 0) is 78.3 Å². The summed E-state index contributed by atoms with van der Waals surface area (Å²) >= 11 is 0.